The van der Waals surface area contributed by atoms with Gasteiger partial charge in [0.05, 0.1) is 0 Å². The van der Waals surface area contributed by atoms with E-state index in [0.717, 1.165) is 0 Å². The minimum absolute atomic E-state index is 0. The summed E-state index contributed by atoms with van der Waals surface area (Å²) in [5.74, 6) is 0. The van der Waals surface area contributed by atoms with Crippen molar-refractivity contribution in [1.29, 1.82) is 0 Å². The van der Waals surface area contributed by atoms with Gasteiger partial charge >= 0.3 is 26.1 Å². The Morgan fingerprint density at radius 2 is 1.75 bits per heavy atom. The summed E-state index contributed by atoms with van der Waals surface area (Å²) in [5, 5.41) is 0. The van der Waals surface area contributed by atoms with Crippen LogP contribution in [0.15, 0.2) is 0 Å². The first kappa shape index (κ1) is 8.83. The van der Waals surface area contributed by atoms with E-state index in [1.165, 1.54) is 0 Å². The van der Waals surface area contributed by atoms with Crippen LogP contribution in [-0.2, 0) is 22.3 Å². The zero-order valence-electron chi connectivity index (χ0n) is 2.22. The number of hydrogen-bond acceptors (Lipinski definition) is 2. The Labute approximate surface area is 32.9 Å². The summed E-state index contributed by atoms with van der Waals surface area (Å²) in [5.41, 5.74) is 0. The van der Waals surface area contributed by atoms with Crippen molar-refractivity contribution in [2.45, 2.75) is 0 Å². The average Bonchev–Trinajstić information content (AvgIpc) is 0.918. The Morgan fingerprint density at radius 3 is 1.75 bits per heavy atom. The molecule has 0 saturated heterocycles. The van der Waals surface area contributed by atoms with Gasteiger partial charge in [-0.1, -0.05) is 0 Å². The fourth-order valence-electron chi connectivity index (χ4n) is 0. The molecule has 0 saturated carbocycles. The van der Waals surface area contributed by atoms with Crippen LogP contribution in [0.1, 0.15) is 0 Å². The molecular weight excluding hydrogens is 142 g/mol. The second-order valence-electron chi connectivity index (χ2n) is 0.0680. The van der Waals surface area contributed by atoms with Crippen molar-refractivity contribution in [3.05, 3.63) is 0 Å². The van der Waals surface area contributed by atoms with E-state index in [0.29, 0.717) is 0 Å². The molecule has 0 aliphatic rings. The zero-order chi connectivity index (χ0) is 2.71. The second kappa shape index (κ2) is 9.97. The van der Waals surface area contributed by atoms with Crippen molar-refractivity contribution >= 4 is 0 Å². The molecule has 0 aromatic heterocycles. The Morgan fingerprint density at radius 1 is 1.75 bits per heavy atom. The predicted molar refractivity (Wildman–Crippen MR) is 6.67 cm³/mol. The summed E-state index contributed by atoms with van der Waals surface area (Å²) >= 11 is -2.03. The third-order valence-corrected chi connectivity index (χ3v) is 0. The van der Waals surface area contributed by atoms with Gasteiger partial charge in [-0.25, -0.2) is 0 Å². The van der Waals surface area contributed by atoms with Crippen LogP contribution in [0.3, 0.4) is 0 Å². The van der Waals surface area contributed by atoms with Crippen LogP contribution in [0.25, 0.3) is 0 Å². The van der Waals surface area contributed by atoms with Gasteiger partial charge in [-0.2, -0.15) is 0 Å². The van der Waals surface area contributed by atoms with Crippen LogP contribution in [-0.4, -0.2) is 0 Å². The number of quaternary nitrogens is 1. The zero-order valence-corrected chi connectivity index (χ0v) is 4.23. The molecule has 4 heavy (non-hydrogen) atoms. The predicted octanol–water partition coefficient (Wildman–Crippen LogP) is -0.934. The SMILES string of the molecule is [NH4+].[O]=[Mo][O-]. The van der Waals surface area contributed by atoms with Crippen molar-refractivity contribution in [2.75, 3.05) is 0 Å². The molecular formula is H4MoNO2. The van der Waals surface area contributed by atoms with E-state index in [-0.39, 0.29) is 6.15 Å². The first-order valence-electron chi connectivity index (χ1n) is 0.333. The summed E-state index contributed by atoms with van der Waals surface area (Å²) < 4.78 is 17.0. The molecule has 0 radical (unpaired) electrons. The van der Waals surface area contributed by atoms with Crippen molar-refractivity contribution in [1.82, 2.24) is 6.15 Å². The molecule has 3 nitrogen and oxygen atoms in total. The van der Waals surface area contributed by atoms with Gasteiger partial charge in [-0.15, -0.1) is 0 Å². The van der Waals surface area contributed by atoms with Crippen molar-refractivity contribution in [3.63, 3.8) is 0 Å². The van der Waals surface area contributed by atoms with Crippen LogP contribution in [0.2, 0.25) is 0 Å². The van der Waals surface area contributed by atoms with Crippen LogP contribution in [0.5, 0.6) is 0 Å². The van der Waals surface area contributed by atoms with E-state index in [1.807, 2.05) is 0 Å². The minimum atomic E-state index is -2.03. The monoisotopic (exact) mass is 148 g/mol. The molecule has 0 rings (SSSR count). The van der Waals surface area contributed by atoms with Gasteiger partial charge in [0, 0.05) is 0 Å². The summed E-state index contributed by atoms with van der Waals surface area (Å²) in [4.78, 5) is 0. The molecule has 0 aromatic rings. The molecule has 0 aliphatic heterocycles. The Hall–Kier alpha value is 0.408. The van der Waals surface area contributed by atoms with Crippen LogP contribution in [0, 0.1) is 0 Å². The Bertz CT molecular complexity index is 13.5. The standard InChI is InChI=1S/Mo.H3N.2O/h;1H3;;/q;;;-1/p+1. The molecule has 0 fully saturated rings. The van der Waals surface area contributed by atoms with Crippen molar-refractivity contribution in [2.24, 2.45) is 0 Å². The van der Waals surface area contributed by atoms with Crippen molar-refractivity contribution < 1.29 is 26.1 Å². The summed E-state index contributed by atoms with van der Waals surface area (Å²) in [6, 6.07) is 0. The molecule has 0 bridgehead atoms. The topological polar surface area (TPSA) is 76.6 Å². The maximum absolute atomic E-state index is 8.50. The third kappa shape index (κ3) is 28.7. The Kier molecular flexibility index (Phi) is 22.0. The van der Waals surface area contributed by atoms with Crippen LogP contribution < -0.4 is 9.91 Å². The molecule has 0 amide bonds. The van der Waals surface area contributed by atoms with E-state index in [2.05, 4.69) is 0 Å². The maximum atomic E-state index is 8.50. The number of rotatable bonds is 0. The van der Waals surface area contributed by atoms with Gasteiger partial charge in [0.15, 0.2) is 0 Å². The first-order chi connectivity index (χ1) is 1.41. The fraction of sp³-hybridized carbons (Fsp3) is 0. The van der Waals surface area contributed by atoms with E-state index in [9.17, 15) is 0 Å². The molecule has 0 spiro atoms. The summed E-state index contributed by atoms with van der Waals surface area (Å²) in [6.45, 7) is 0. The van der Waals surface area contributed by atoms with Gasteiger partial charge in [-0.05, 0) is 0 Å². The van der Waals surface area contributed by atoms with Crippen LogP contribution in [0.4, 0.5) is 0 Å². The third-order valence-electron chi connectivity index (χ3n) is 0. The van der Waals surface area contributed by atoms with Gasteiger partial charge in [-0.3, -0.25) is 0 Å². The van der Waals surface area contributed by atoms with E-state index in [4.69, 9.17) is 7.16 Å². The molecule has 0 atom stereocenters. The van der Waals surface area contributed by atoms with E-state index >= 15 is 0 Å². The molecule has 4 N–H and O–H groups in total. The molecule has 0 unspecified atom stereocenters. The summed E-state index contributed by atoms with van der Waals surface area (Å²) in [7, 11) is 0. The summed E-state index contributed by atoms with van der Waals surface area (Å²) in [6.07, 6.45) is 0. The molecule has 4 heteroatoms. The van der Waals surface area contributed by atoms with Gasteiger partial charge in [0.25, 0.3) is 0 Å². The number of hydrogen-bond donors (Lipinski definition) is 1. The normalized spacial score (nSPS) is 3.25. The van der Waals surface area contributed by atoms with Gasteiger partial charge in [0.2, 0.25) is 0 Å². The molecule has 0 aliphatic carbocycles. The first-order valence-corrected chi connectivity index (χ1v) is 1.97. The van der Waals surface area contributed by atoms with E-state index in [1.54, 1.807) is 0 Å². The van der Waals surface area contributed by atoms with Crippen molar-refractivity contribution in [3.8, 4) is 0 Å². The Balaban J connectivity index is 0. The van der Waals surface area contributed by atoms with Crippen LogP contribution >= 0.6 is 0 Å². The van der Waals surface area contributed by atoms with Gasteiger partial charge < -0.3 is 6.15 Å². The fourth-order valence-corrected chi connectivity index (χ4v) is 0. The average molecular weight is 146 g/mol. The quantitative estimate of drug-likeness (QED) is 0.448. The van der Waals surface area contributed by atoms with E-state index < -0.39 is 18.9 Å². The molecule has 27 valence electrons. The molecule has 0 heterocycles. The molecule has 0 aromatic carbocycles. The van der Waals surface area contributed by atoms with Gasteiger partial charge in [0.1, 0.15) is 0 Å². The second-order valence-corrected chi connectivity index (χ2v) is 0.403.